The second kappa shape index (κ2) is 8.92. The van der Waals surface area contributed by atoms with Gasteiger partial charge < -0.3 is 9.88 Å². The third-order valence-corrected chi connectivity index (χ3v) is 9.23. The number of hydrogen-bond donors (Lipinski definition) is 1. The van der Waals surface area contributed by atoms with Gasteiger partial charge in [-0.1, -0.05) is 29.8 Å². The maximum Gasteiger partial charge on any atom is 0.141 e. The molecule has 4 heterocycles. The standard InChI is InChI=1S/C28H34ClFN4/c1-19-32-26-4-2-3-5-27(26)34(19)23-17-21-7-8-22(18-23)33(21)15-12-28(10-13-31-14-11-28)20-6-9-25(30)24(29)16-20/h2-6,9,16,21-23,31H,7-8,10-15,17-18H2,1H3/t21-,22+,23?. The maximum atomic E-state index is 13.9. The molecule has 180 valence electrons. The van der Waals surface area contributed by atoms with Crippen molar-refractivity contribution in [2.75, 3.05) is 19.6 Å². The van der Waals surface area contributed by atoms with Gasteiger partial charge in [0.15, 0.2) is 0 Å². The van der Waals surface area contributed by atoms with Crippen LogP contribution in [0.2, 0.25) is 5.02 Å². The second-order valence-corrected chi connectivity index (χ2v) is 11.1. The zero-order valence-corrected chi connectivity index (χ0v) is 20.7. The number of nitrogens with one attached hydrogen (secondary N) is 1. The Morgan fingerprint density at radius 2 is 1.79 bits per heavy atom. The molecule has 3 fully saturated rings. The first-order valence-corrected chi connectivity index (χ1v) is 13.3. The minimum atomic E-state index is -0.322. The zero-order chi connectivity index (χ0) is 23.3. The number of halogens is 2. The van der Waals surface area contributed by atoms with Crippen molar-refractivity contribution in [2.24, 2.45) is 0 Å². The topological polar surface area (TPSA) is 33.1 Å². The molecule has 3 aliphatic heterocycles. The van der Waals surface area contributed by atoms with E-state index in [1.807, 2.05) is 12.1 Å². The molecule has 3 aliphatic rings. The van der Waals surface area contributed by atoms with Crippen molar-refractivity contribution in [1.29, 1.82) is 0 Å². The summed E-state index contributed by atoms with van der Waals surface area (Å²) in [6, 6.07) is 15.8. The van der Waals surface area contributed by atoms with Gasteiger partial charge in [0.2, 0.25) is 0 Å². The fraction of sp³-hybridized carbons (Fsp3) is 0.536. The lowest BCUT2D eigenvalue weighted by atomic mass is 9.70. The molecule has 2 bridgehead atoms. The third kappa shape index (κ3) is 3.86. The quantitative estimate of drug-likeness (QED) is 0.485. The molecule has 0 radical (unpaired) electrons. The van der Waals surface area contributed by atoms with Crippen LogP contribution in [0.4, 0.5) is 4.39 Å². The Hall–Kier alpha value is -1.95. The van der Waals surface area contributed by atoms with Gasteiger partial charge in [-0.05, 0) is 107 Å². The highest BCUT2D eigenvalue weighted by molar-refractivity contribution is 6.30. The van der Waals surface area contributed by atoms with Gasteiger partial charge in [-0.2, -0.15) is 0 Å². The van der Waals surface area contributed by atoms with Crippen molar-refractivity contribution in [3.8, 4) is 0 Å². The van der Waals surface area contributed by atoms with Gasteiger partial charge in [-0.15, -0.1) is 0 Å². The molecular weight excluding hydrogens is 447 g/mol. The van der Waals surface area contributed by atoms with E-state index in [4.69, 9.17) is 16.6 Å². The van der Waals surface area contributed by atoms with Crippen LogP contribution in [0.25, 0.3) is 11.0 Å². The van der Waals surface area contributed by atoms with Gasteiger partial charge in [0.05, 0.1) is 16.1 Å². The highest BCUT2D eigenvalue weighted by atomic mass is 35.5. The van der Waals surface area contributed by atoms with E-state index in [1.54, 1.807) is 6.07 Å². The number of fused-ring (bicyclic) bond motifs is 3. The Balaban J connectivity index is 1.21. The maximum absolute atomic E-state index is 13.9. The van der Waals surface area contributed by atoms with Gasteiger partial charge in [0.1, 0.15) is 11.6 Å². The lowest BCUT2D eigenvalue weighted by Crippen LogP contribution is -2.47. The summed E-state index contributed by atoms with van der Waals surface area (Å²) >= 11 is 6.21. The number of nitrogens with zero attached hydrogens (tertiary/aromatic N) is 3. The molecule has 0 saturated carbocycles. The largest absolute Gasteiger partial charge is 0.325 e. The first kappa shape index (κ1) is 22.5. The van der Waals surface area contributed by atoms with E-state index < -0.39 is 0 Å². The molecule has 34 heavy (non-hydrogen) atoms. The monoisotopic (exact) mass is 480 g/mol. The average molecular weight is 481 g/mol. The number of aryl methyl sites for hydroxylation is 1. The molecule has 3 aromatic rings. The van der Waals surface area contributed by atoms with Crippen LogP contribution >= 0.6 is 11.6 Å². The van der Waals surface area contributed by atoms with E-state index in [9.17, 15) is 4.39 Å². The van der Waals surface area contributed by atoms with Crippen molar-refractivity contribution in [2.45, 2.75) is 75.4 Å². The predicted octanol–water partition coefficient (Wildman–Crippen LogP) is 6.02. The van der Waals surface area contributed by atoms with Crippen LogP contribution in [-0.4, -0.2) is 46.2 Å². The number of rotatable bonds is 5. The van der Waals surface area contributed by atoms with Gasteiger partial charge in [0, 0.05) is 18.1 Å². The van der Waals surface area contributed by atoms with E-state index in [-0.39, 0.29) is 16.3 Å². The van der Waals surface area contributed by atoms with Crippen LogP contribution in [0.5, 0.6) is 0 Å². The first-order valence-electron chi connectivity index (χ1n) is 12.9. The fourth-order valence-corrected chi connectivity index (χ4v) is 7.39. The van der Waals surface area contributed by atoms with E-state index in [0.717, 1.165) is 50.2 Å². The smallest absolute Gasteiger partial charge is 0.141 e. The van der Waals surface area contributed by atoms with E-state index >= 15 is 0 Å². The van der Waals surface area contributed by atoms with E-state index in [0.29, 0.717) is 18.1 Å². The molecule has 1 N–H and O–H groups in total. The Morgan fingerprint density at radius 1 is 1.06 bits per heavy atom. The van der Waals surface area contributed by atoms with E-state index in [2.05, 4.69) is 46.0 Å². The lowest BCUT2D eigenvalue weighted by molar-refractivity contribution is 0.0929. The zero-order valence-electron chi connectivity index (χ0n) is 19.9. The van der Waals surface area contributed by atoms with Crippen molar-refractivity contribution < 1.29 is 4.39 Å². The van der Waals surface area contributed by atoms with Gasteiger partial charge in [-0.3, -0.25) is 4.90 Å². The molecule has 2 aromatic carbocycles. The number of imidazole rings is 1. The number of hydrogen-bond acceptors (Lipinski definition) is 3. The minimum absolute atomic E-state index is 0.0794. The Morgan fingerprint density at radius 3 is 2.53 bits per heavy atom. The normalized spacial score (nSPS) is 26.9. The summed E-state index contributed by atoms with van der Waals surface area (Å²) in [7, 11) is 0. The molecule has 3 atom stereocenters. The molecule has 6 heteroatoms. The van der Waals surface area contributed by atoms with Crippen LogP contribution < -0.4 is 5.32 Å². The molecule has 1 unspecified atom stereocenters. The Kier molecular flexibility index (Phi) is 5.91. The molecule has 0 spiro atoms. The van der Waals surface area contributed by atoms with Crippen molar-refractivity contribution in [3.63, 3.8) is 0 Å². The van der Waals surface area contributed by atoms with Crippen molar-refractivity contribution >= 4 is 22.6 Å². The summed E-state index contributed by atoms with van der Waals surface area (Å²) in [6.45, 7) is 5.29. The summed E-state index contributed by atoms with van der Waals surface area (Å²) in [5.74, 6) is 0.817. The molecule has 0 aliphatic carbocycles. The van der Waals surface area contributed by atoms with Crippen LogP contribution in [0.3, 0.4) is 0 Å². The Bertz CT molecular complexity index is 1170. The molecule has 6 rings (SSSR count). The summed E-state index contributed by atoms with van der Waals surface area (Å²) in [5.41, 5.74) is 3.68. The fourth-order valence-electron chi connectivity index (χ4n) is 7.20. The number of piperidine rings is 2. The molecule has 3 saturated heterocycles. The highest BCUT2D eigenvalue weighted by Gasteiger charge is 2.43. The van der Waals surface area contributed by atoms with Crippen LogP contribution in [-0.2, 0) is 5.41 Å². The average Bonchev–Trinajstić information content (AvgIpc) is 3.31. The van der Waals surface area contributed by atoms with Crippen LogP contribution in [0, 0.1) is 12.7 Å². The highest BCUT2D eigenvalue weighted by Crippen LogP contribution is 2.44. The number of benzene rings is 2. The minimum Gasteiger partial charge on any atom is -0.325 e. The predicted molar refractivity (Wildman–Crippen MR) is 136 cm³/mol. The molecule has 0 amide bonds. The van der Waals surface area contributed by atoms with Gasteiger partial charge in [0.25, 0.3) is 0 Å². The SMILES string of the molecule is Cc1nc2ccccc2n1C1C[C@H]2CC[C@@H](C1)N2CCC1(c2ccc(F)c(Cl)c2)CCNCC1. The van der Waals surface area contributed by atoms with E-state index in [1.165, 1.54) is 36.8 Å². The summed E-state index contributed by atoms with van der Waals surface area (Å²) < 4.78 is 16.4. The Labute approximate surface area is 206 Å². The van der Waals surface area contributed by atoms with Crippen molar-refractivity contribution in [3.05, 3.63) is 64.7 Å². The van der Waals surface area contributed by atoms with Gasteiger partial charge in [-0.25, -0.2) is 9.37 Å². The molecular formula is C28H34ClFN4. The summed E-state index contributed by atoms with van der Waals surface area (Å²) in [4.78, 5) is 7.64. The molecule has 4 nitrogen and oxygen atoms in total. The van der Waals surface area contributed by atoms with Gasteiger partial charge >= 0.3 is 0 Å². The summed E-state index contributed by atoms with van der Waals surface area (Å²) in [6.07, 6.45) is 8.28. The number of aromatic nitrogens is 2. The molecule has 1 aromatic heterocycles. The second-order valence-electron chi connectivity index (χ2n) is 10.7. The third-order valence-electron chi connectivity index (χ3n) is 8.94. The first-order chi connectivity index (χ1) is 16.5. The van der Waals surface area contributed by atoms with Crippen LogP contribution in [0.15, 0.2) is 42.5 Å². The number of para-hydroxylation sites is 2. The van der Waals surface area contributed by atoms with Crippen molar-refractivity contribution in [1.82, 2.24) is 19.8 Å². The lowest BCUT2D eigenvalue weighted by Gasteiger charge is -2.44. The van der Waals surface area contributed by atoms with Crippen LogP contribution in [0.1, 0.15) is 62.4 Å². The summed E-state index contributed by atoms with van der Waals surface area (Å²) in [5, 5.41) is 3.76.